The molecule has 2 nitrogen and oxygen atoms in total. The Morgan fingerprint density at radius 3 is 2.58 bits per heavy atom. The maximum absolute atomic E-state index is 9.62. The van der Waals surface area contributed by atoms with Gasteiger partial charge >= 0.3 is 0 Å². The molecule has 0 heterocycles. The Kier molecular flexibility index (Phi) is 5.41. The van der Waals surface area contributed by atoms with E-state index >= 15 is 0 Å². The fourth-order valence-corrected chi connectivity index (χ4v) is 3.21. The van der Waals surface area contributed by atoms with Gasteiger partial charge in [-0.25, -0.2) is 0 Å². The van der Waals surface area contributed by atoms with Crippen molar-refractivity contribution < 1.29 is 5.11 Å². The summed E-state index contributed by atoms with van der Waals surface area (Å²) < 4.78 is 0. The zero-order chi connectivity index (χ0) is 13.7. The average Bonchev–Trinajstić information content (AvgIpc) is 2.46. The second-order valence-corrected chi connectivity index (χ2v) is 6.18. The number of aliphatic hydroxyl groups is 1. The van der Waals surface area contributed by atoms with Crippen LogP contribution in [0.3, 0.4) is 0 Å². The minimum absolute atomic E-state index is 0.0807. The van der Waals surface area contributed by atoms with E-state index in [2.05, 4.69) is 31.3 Å². The molecule has 0 bridgehead atoms. The molecule has 1 aliphatic rings. The number of nitrogens with one attached hydrogen (secondary N) is 1. The van der Waals surface area contributed by atoms with Crippen LogP contribution in [0.4, 0.5) is 0 Å². The zero-order valence-corrected chi connectivity index (χ0v) is 12.2. The van der Waals surface area contributed by atoms with Crippen LogP contribution in [0.15, 0.2) is 30.3 Å². The van der Waals surface area contributed by atoms with E-state index in [0.717, 1.165) is 11.8 Å². The van der Waals surface area contributed by atoms with Crippen LogP contribution in [0.1, 0.15) is 51.1 Å². The molecule has 19 heavy (non-hydrogen) atoms. The van der Waals surface area contributed by atoms with Gasteiger partial charge in [-0.2, -0.15) is 0 Å². The number of aliphatic hydroxyl groups excluding tert-OH is 1. The molecule has 0 saturated heterocycles. The highest BCUT2D eigenvalue weighted by atomic mass is 16.3. The quantitative estimate of drug-likeness (QED) is 0.850. The summed E-state index contributed by atoms with van der Waals surface area (Å²) in [6.07, 6.45) is 5.17. The lowest BCUT2D eigenvalue weighted by Gasteiger charge is -2.34. The summed E-state index contributed by atoms with van der Waals surface area (Å²) in [5, 5.41) is 13.3. The van der Waals surface area contributed by atoms with Gasteiger partial charge in [0, 0.05) is 6.04 Å². The average molecular weight is 261 g/mol. The van der Waals surface area contributed by atoms with Crippen LogP contribution in [0.25, 0.3) is 0 Å². The summed E-state index contributed by atoms with van der Waals surface area (Å²) in [6, 6.07) is 10.9. The Labute approximate surface area is 117 Å². The van der Waals surface area contributed by atoms with Crippen molar-refractivity contribution in [3.05, 3.63) is 35.9 Å². The molecule has 0 aromatic heterocycles. The minimum Gasteiger partial charge on any atom is -0.394 e. The first-order chi connectivity index (χ1) is 9.20. The van der Waals surface area contributed by atoms with Crippen molar-refractivity contribution in [2.75, 3.05) is 6.61 Å². The second-order valence-electron chi connectivity index (χ2n) is 6.18. The molecule has 0 aliphatic heterocycles. The number of hydrogen-bond donors (Lipinski definition) is 2. The summed E-state index contributed by atoms with van der Waals surface area (Å²) in [7, 11) is 0. The van der Waals surface area contributed by atoms with E-state index in [1.54, 1.807) is 0 Å². The topological polar surface area (TPSA) is 32.3 Å². The Morgan fingerprint density at radius 2 is 1.95 bits per heavy atom. The molecule has 106 valence electrons. The van der Waals surface area contributed by atoms with Crippen LogP contribution in [0.5, 0.6) is 0 Å². The number of hydrogen-bond acceptors (Lipinski definition) is 2. The highest BCUT2D eigenvalue weighted by molar-refractivity contribution is 5.19. The molecule has 0 spiro atoms. The van der Waals surface area contributed by atoms with E-state index in [1.807, 2.05) is 18.2 Å². The summed E-state index contributed by atoms with van der Waals surface area (Å²) in [5.74, 6) is 1.61. The predicted molar refractivity (Wildman–Crippen MR) is 80.0 cm³/mol. The molecular formula is C17H27NO. The van der Waals surface area contributed by atoms with Crippen LogP contribution in [0, 0.1) is 11.8 Å². The van der Waals surface area contributed by atoms with Crippen molar-refractivity contribution >= 4 is 0 Å². The predicted octanol–water partition coefficient (Wildman–Crippen LogP) is 3.52. The van der Waals surface area contributed by atoms with E-state index in [-0.39, 0.29) is 12.6 Å². The van der Waals surface area contributed by atoms with Gasteiger partial charge in [-0.1, -0.05) is 57.0 Å². The van der Waals surface area contributed by atoms with Gasteiger partial charge in [0.25, 0.3) is 0 Å². The van der Waals surface area contributed by atoms with Crippen molar-refractivity contribution in [1.82, 2.24) is 5.32 Å². The molecule has 0 amide bonds. The summed E-state index contributed by atoms with van der Waals surface area (Å²) in [5.41, 5.74) is 1.19. The molecule has 3 atom stereocenters. The third-order valence-electron chi connectivity index (χ3n) is 4.48. The van der Waals surface area contributed by atoms with Gasteiger partial charge in [0.15, 0.2) is 0 Å². The third kappa shape index (κ3) is 4.05. The SMILES string of the molecule is CC(C)C1CCCC(N[C@@H](CO)c2ccccc2)C1. The molecular weight excluding hydrogens is 234 g/mol. The molecule has 2 rings (SSSR count). The van der Waals surface area contributed by atoms with Crippen LogP contribution in [-0.2, 0) is 0 Å². The lowest BCUT2D eigenvalue weighted by molar-refractivity contribution is 0.187. The second kappa shape index (κ2) is 7.06. The van der Waals surface area contributed by atoms with Gasteiger partial charge < -0.3 is 10.4 Å². The van der Waals surface area contributed by atoms with Crippen molar-refractivity contribution in [2.24, 2.45) is 11.8 Å². The highest BCUT2D eigenvalue weighted by Gasteiger charge is 2.25. The number of benzene rings is 1. The van der Waals surface area contributed by atoms with Gasteiger partial charge in [0.05, 0.1) is 12.6 Å². The first-order valence-corrected chi connectivity index (χ1v) is 7.62. The van der Waals surface area contributed by atoms with E-state index < -0.39 is 0 Å². The van der Waals surface area contributed by atoms with Crippen molar-refractivity contribution in [2.45, 2.75) is 51.6 Å². The van der Waals surface area contributed by atoms with E-state index in [1.165, 1.54) is 31.2 Å². The molecule has 1 fully saturated rings. The fraction of sp³-hybridized carbons (Fsp3) is 0.647. The maximum atomic E-state index is 9.62. The molecule has 2 N–H and O–H groups in total. The van der Waals surface area contributed by atoms with Crippen LogP contribution >= 0.6 is 0 Å². The van der Waals surface area contributed by atoms with Gasteiger partial charge in [0.1, 0.15) is 0 Å². The van der Waals surface area contributed by atoms with E-state index in [0.29, 0.717) is 6.04 Å². The summed E-state index contributed by atoms with van der Waals surface area (Å²) >= 11 is 0. The smallest absolute Gasteiger partial charge is 0.0626 e. The standard InChI is InChI=1S/C17H27NO/c1-13(2)15-9-6-10-16(11-15)18-17(12-19)14-7-4-3-5-8-14/h3-5,7-8,13,15-19H,6,9-12H2,1-2H3/t15?,16?,17-/m0/s1. The van der Waals surface area contributed by atoms with Crippen LogP contribution in [-0.4, -0.2) is 17.8 Å². The maximum Gasteiger partial charge on any atom is 0.0626 e. The minimum atomic E-state index is 0.0807. The molecule has 0 radical (unpaired) electrons. The Bertz CT molecular complexity index is 363. The van der Waals surface area contributed by atoms with Crippen LogP contribution in [0.2, 0.25) is 0 Å². The Morgan fingerprint density at radius 1 is 1.21 bits per heavy atom. The number of rotatable bonds is 5. The Hall–Kier alpha value is -0.860. The molecule has 1 aromatic carbocycles. The first-order valence-electron chi connectivity index (χ1n) is 7.62. The zero-order valence-electron chi connectivity index (χ0n) is 12.2. The fourth-order valence-electron chi connectivity index (χ4n) is 3.21. The van der Waals surface area contributed by atoms with Gasteiger partial charge in [-0.15, -0.1) is 0 Å². The highest BCUT2D eigenvalue weighted by Crippen LogP contribution is 2.31. The van der Waals surface area contributed by atoms with Crippen LogP contribution < -0.4 is 5.32 Å². The van der Waals surface area contributed by atoms with E-state index in [4.69, 9.17) is 0 Å². The van der Waals surface area contributed by atoms with E-state index in [9.17, 15) is 5.11 Å². The third-order valence-corrected chi connectivity index (χ3v) is 4.48. The monoisotopic (exact) mass is 261 g/mol. The van der Waals surface area contributed by atoms with Crippen molar-refractivity contribution in [3.63, 3.8) is 0 Å². The lowest BCUT2D eigenvalue weighted by Crippen LogP contribution is -2.39. The summed E-state index contributed by atoms with van der Waals surface area (Å²) in [4.78, 5) is 0. The van der Waals surface area contributed by atoms with Gasteiger partial charge in [0.2, 0.25) is 0 Å². The molecule has 2 heteroatoms. The van der Waals surface area contributed by atoms with Crippen molar-refractivity contribution in [1.29, 1.82) is 0 Å². The Balaban J connectivity index is 1.95. The van der Waals surface area contributed by atoms with Gasteiger partial charge in [-0.05, 0) is 30.2 Å². The normalized spacial score (nSPS) is 25.5. The molecule has 2 unspecified atom stereocenters. The first kappa shape index (κ1) is 14.5. The molecule has 1 aliphatic carbocycles. The largest absolute Gasteiger partial charge is 0.394 e. The van der Waals surface area contributed by atoms with Crippen molar-refractivity contribution in [3.8, 4) is 0 Å². The molecule has 1 saturated carbocycles. The lowest BCUT2D eigenvalue weighted by atomic mass is 9.79. The van der Waals surface area contributed by atoms with Gasteiger partial charge in [-0.3, -0.25) is 0 Å². The molecule has 1 aromatic rings. The summed E-state index contributed by atoms with van der Waals surface area (Å²) in [6.45, 7) is 4.83.